The first-order chi connectivity index (χ1) is 12.3. The maximum atomic E-state index is 12.4. The second kappa shape index (κ2) is 7.11. The van der Waals surface area contributed by atoms with Gasteiger partial charge in [0.1, 0.15) is 5.70 Å². The Balaban J connectivity index is 2.00. The Hall–Kier alpha value is -2.34. The quantitative estimate of drug-likeness (QED) is 0.591. The van der Waals surface area contributed by atoms with Gasteiger partial charge in [-0.25, -0.2) is 4.79 Å². The van der Waals surface area contributed by atoms with Gasteiger partial charge in [-0.15, -0.1) is 0 Å². The Morgan fingerprint density at radius 3 is 2.54 bits per heavy atom. The highest BCUT2D eigenvalue weighted by molar-refractivity contribution is 9.10. The number of amides is 3. The molecule has 3 rings (SSSR count). The van der Waals surface area contributed by atoms with Crippen molar-refractivity contribution in [2.24, 2.45) is 0 Å². The van der Waals surface area contributed by atoms with E-state index in [0.29, 0.717) is 12.2 Å². The minimum atomic E-state index is -0.347. The number of hydrogen-bond acceptors (Lipinski definition) is 2. The smallest absolute Gasteiger partial charge is 0.318 e. The first-order valence-corrected chi connectivity index (χ1v) is 9.42. The van der Waals surface area contributed by atoms with Crippen molar-refractivity contribution in [2.75, 3.05) is 6.54 Å². The summed E-state index contributed by atoms with van der Waals surface area (Å²) < 4.78 is 3.22. The van der Waals surface area contributed by atoms with E-state index >= 15 is 0 Å². The number of carbonyl (C=O) groups excluding carboxylic acids is 2. The van der Waals surface area contributed by atoms with E-state index in [-0.39, 0.29) is 11.9 Å². The molecule has 0 saturated carbocycles. The second-order valence-electron chi connectivity index (χ2n) is 6.54. The molecule has 1 N–H and O–H groups in total. The summed E-state index contributed by atoms with van der Waals surface area (Å²) in [7, 11) is 0. The van der Waals surface area contributed by atoms with E-state index in [9.17, 15) is 9.59 Å². The van der Waals surface area contributed by atoms with E-state index in [0.717, 1.165) is 39.1 Å². The van der Waals surface area contributed by atoms with Crippen molar-refractivity contribution in [2.45, 2.75) is 34.1 Å². The zero-order chi connectivity index (χ0) is 19.0. The molecule has 1 aromatic carbocycles. The lowest BCUT2D eigenvalue weighted by atomic mass is 10.2. The molecule has 0 atom stereocenters. The molecular formula is C20H22BrN3O2. The van der Waals surface area contributed by atoms with E-state index < -0.39 is 0 Å². The Morgan fingerprint density at radius 1 is 1.15 bits per heavy atom. The Bertz CT molecular complexity index is 927. The van der Waals surface area contributed by atoms with Gasteiger partial charge in [0.15, 0.2) is 0 Å². The number of halogens is 1. The molecule has 26 heavy (non-hydrogen) atoms. The first kappa shape index (κ1) is 18.5. The fourth-order valence-electron chi connectivity index (χ4n) is 3.25. The van der Waals surface area contributed by atoms with Crippen LogP contribution >= 0.6 is 15.9 Å². The molecule has 1 aliphatic heterocycles. The highest BCUT2D eigenvalue weighted by atomic mass is 79.9. The predicted molar refractivity (Wildman–Crippen MR) is 106 cm³/mol. The highest BCUT2D eigenvalue weighted by Gasteiger charge is 2.32. The fraction of sp³-hybridized carbons (Fsp3) is 0.300. The normalized spacial score (nSPS) is 15.9. The molecule has 2 aromatic rings. The number of urea groups is 1. The molecule has 136 valence electrons. The van der Waals surface area contributed by atoms with E-state index in [4.69, 9.17) is 0 Å². The van der Waals surface area contributed by atoms with Crippen molar-refractivity contribution in [3.63, 3.8) is 0 Å². The van der Waals surface area contributed by atoms with Crippen LogP contribution in [-0.4, -0.2) is 28.0 Å². The maximum Gasteiger partial charge on any atom is 0.329 e. The van der Waals surface area contributed by atoms with Crippen LogP contribution in [0.4, 0.5) is 4.79 Å². The van der Waals surface area contributed by atoms with Crippen molar-refractivity contribution in [3.8, 4) is 5.69 Å². The zero-order valence-corrected chi connectivity index (χ0v) is 17.0. The predicted octanol–water partition coefficient (Wildman–Crippen LogP) is 4.47. The summed E-state index contributed by atoms with van der Waals surface area (Å²) in [5, 5.41) is 2.68. The van der Waals surface area contributed by atoms with Crippen molar-refractivity contribution in [3.05, 3.63) is 56.9 Å². The van der Waals surface area contributed by atoms with Gasteiger partial charge < -0.3 is 9.88 Å². The van der Waals surface area contributed by atoms with E-state index in [1.54, 1.807) is 6.08 Å². The van der Waals surface area contributed by atoms with E-state index in [1.165, 1.54) is 4.90 Å². The molecule has 1 aliphatic rings. The van der Waals surface area contributed by atoms with Crippen LogP contribution in [0.5, 0.6) is 0 Å². The third-order valence-corrected chi connectivity index (χ3v) is 5.47. The lowest BCUT2D eigenvalue weighted by Crippen LogP contribution is -2.31. The number of nitrogens with one attached hydrogen (secondary N) is 1. The molecule has 0 spiro atoms. The van der Waals surface area contributed by atoms with Crippen LogP contribution in [0.25, 0.3) is 11.8 Å². The molecule has 0 radical (unpaired) electrons. The number of benzene rings is 1. The van der Waals surface area contributed by atoms with Gasteiger partial charge in [-0.05, 0) is 68.7 Å². The summed E-state index contributed by atoms with van der Waals surface area (Å²) in [5.74, 6) is -0.263. The van der Waals surface area contributed by atoms with Crippen LogP contribution in [-0.2, 0) is 4.79 Å². The summed E-state index contributed by atoms with van der Waals surface area (Å²) >= 11 is 3.53. The van der Waals surface area contributed by atoms with Crippen LogP contribution in [0.2, 0.25) is 0 Å². The molecule has 1 fully saturated rings. The molecule has 3 amide bonds. The minimum absolute atomic E-state index is 0.263. The van der Waals surface area contributed by atoms with Crippen molar-refractivity contribution in [1.29, 1.82) is 0 Å². The largest absolute Gasteiger partial charge is 0.329 e. The second-order valence-corrected chi connectivity index (χ2v) is 7.39. The number of rotatable bonds is 4. The van der Waals surface area contributed by atoms with E-state index in [1.807, 2.05) is 32.9 Å². The number of aromatic nitrogens is 1. The van der Waals surface area contributed by atoms with Crippen LogP contribution in [0.1, 0.15) is 35.9 Å². The van der Waals surface area contributed by atoms with Crippen molar-refractivity contribution in [1.82, 2.24) is 14.8 Å². The van der Waals surface area contributed by atoms with Crippen molar-refractivity contribution >= 4 is 33.9 Å². The van der Waals surface area contributed by atoms with Crippen molar-refractivity contribution < 1.29 is 9.59 Å². The molecule has 2 heterocycles. The number of imide groups is 1. The monoisotopic (exact) mass is 415 g/mol. The van der Waals surface area contributed by atoms with Gasteiger partial charge in [-0.2, -0.15) is 0 Å². The van der Waals surface area contributed by atoms with Gasteiger partial charge in [-0.3, -0.25) is 9.69 Å². The third-order valence-electron chi connectivity index (χ3n) is 4.58. The van der Waals surface area contributed by atoms with Gasteiger partial charge in [0.25, 0.3) is 5.91 Å². The summed E-state index contributed by atoms with van der Waals surface area (Å²) in [5.41, 5.74) is 5.56. The SMILES string of the molecule is CCCN1C(=O)N/C(=C/c2cc(C)n(-c3ccc(Br)c(C)c3)c2C)C1=O. The number of aryl methyl sites for hydroxylation is 2. The summed E-state index contributed by atoms with van der Waals surface area (Å²) in [6.45, 7) is 8.47. The molecule has 1 saturated heterocycles. The molecule has 0 unspecified atom stereocenters. The molecule has 0 aliphatic carbocycles. The Morgan fingerprint density at radius 2 is 1.88 bits per heavy atom. The number of carbonyl (C=O) groups is 2. The average Bonchev–Trinajstić information content (AvgIpc) is 3.01. The van der Waals surface area contributed by atoms with Gasteiger partial charge in [-0.1, -0.05) is 22.9 Å². The minimum Gasteiger partial charge on any atom is -0.318 e. The molecule has 0 bridgehead atoms. The summed E-state index contributed by atoms with van der Waals surface area (Å²) in [6.07, 6.45) is 2.50. The third kappa shape index (κ3) is 3.21. The van der Waals surface area contributed by atoms with Gasteiger partial charge in [0.05, 0.1) is 0 Å². The molecular weight excluding hydrogens is 394 g/mol. The number of hydrogen-bond donors (Lipinski definition) is 1. The average molecular weight is 416 g/mol. The summed E-state index contributed by atoms with van der Waals surface area (Å²) in [6, 6.07) is 7.89. The maximum absolute atomic E-state index is 12.4. The lowest BCUT2D eigenvalue weighted by molar-refractivity contribution is -0.122. The molecule has 1 aromatic heterocycles. The zero-order valence-electron chi connectivity index (χ0n) is 15.4. The number of nitrogens with zero attached hydrogens (tertiary/aromatic N) is 2. The van der Waals surface area contributed by atoms with Crippen LogP contribution in [0.15, 0.2) is 34.4 Å². The van der Waals surface area contributed by atoms with Crippen LogP contribution < -0.4 is 5.32 Å². The standard InChI is InChI=1S/C20H22BrN3O2/c1-5-8-23-19(25)18(22-20(23)26)11-15-10-13(3)24(14(15)4)16-6-7-17(21)12(2)9-16/h6-7,9-11H,5,8H2,1-4H3,(H,22,26)/b18-11+. The summed E-state index contributed by atoms with van der Waals surface area (Å²) in [4.78, 5) is 25.6. The van der Waals surface area contributed by atoms with Gasteiger partial charge in [0.2, 0.25) is 0 Å². The highest BCUT2D eigenvalue weighted by Crippen LogP contribution is 2.26. The van der Waals surface area contributed by atoms with Gasteiger partial charge in [0, 0.05) is 28.1 Å². The van der Waals surface area contributed by atoms with Gasteiger partial charge >= 0.3 is 6.03 Å². The topological polar surface area (TPSA) is 54.3 Å². The van der Waals surface area contributed by atoms with Crippen LogP contribution in [0, 0.1) is 20.8 Å². The first-order valence-electron chi connectivity index (χ1n) is 8.63. The molecule has 6 heteroatoms. The Kier molecular flexibility index (Phi) is 5.05. The Labute approximate surface area is 161 Å². The molecule has 5 nitrogen and oxygen atoms in total. The van der Waals surface area contributed by atoms with Crippen LogP contribution in [0.3, 0.4) is 0 Å². The lowest BCUT2D eigenvalue weighted by Gasteiger charge is -2.11. The fourth-order valence-corrected chi connectivity index (χ4v) is 3.50. The van der Waals surface area contributed by atoms with E-state index in [2.05, 4.69) is 44.9 Å².